The fourth-order valence-electron chi connectivity index (χ4n) is 3.33. The van der Waals surface area contributed by atoms with E-state index in [-0.39, 0.29) is 17.2 Å². The number of rotatable bonds is 6. The number of carbonyl (C=O) groups is 1. The van der Waals surface area contributed by atoms with Gasteiger partial charge in [0, 0.05) is 30.6 Å². The molecule has 1 amide bonds. The molecule has 2 aromatic rings. The lowest BCUT2D eigenvalue weighted by atomic mass is 10.0. The van der Waals surface area contributed by atoms with Crippen molar-refractivity contribution in [3.63, 3.8) is 0 Å². The van der Waals surface area contributed by atoms with Crippen molar-refractivity contribution in [2.45, 2.75) is 43.2 Å². The highest BCUT2D eigenvalue weighted by molar-refractivity contribution is 7.89. The molecular formula is C20H22ClFN2O3S. The van der Waals surface area contributed by atoms with Gasteiger partial charge in [-0.3, -0.25) is 4.79 Å². The monoisotopic (exact) mass is 424 g/mol. The first-order valence-electron chi connectivity index (χ1n) is 9.15. The van der Waals surface area contributed by atoms with Gasteiger partial charge in [-0.15, -0.1) is 0 Å². The average Bonchev–Trinajstić information content (AvgIpc) is 2.68. The first-order chi connectivity index (χ1) is 13.4. The summed E-state index contributed by atoms with van der Waals surface area (Å²) in [5.41, 5.74) is 0.914. The zero-order valence-corrected chi connectivity index (χ0v) is 16.8. The van der Waals surface area contributed by atoms with Crippen LogP contribution in [0.1, 0.15) is 31.2 Å². The Morgan fingerprint density at radius 2 is 1.79 bits per heavy atom. The molecule has 0 unspecified atom stereocenters. The van der Waals surface area contributed by atoms with Crippen LogP contribution in [-0.4, -0.2) is 31.2 Å². The number of sulfonamides is 1. The molecule has 0 aliphatic carbocycles. The molecule has 28 heavy (non-hydrogen) atoms. The summed E-state index contributed by atoms with van der Waals surface area (Å²) in [7, 11) is -3.77. The van der Waals surface area contributed by atoms with E-state index in [4.69, 9.17) is 11.6 Å². The molecule has 1 atom stereocenters. The SMILES string of the molecule is O=C(C[C@H]1CCCCN1S(=O)(=O)c1ccc(F)cc1)NCc1ccc(Cl)cc1. The lowest BCUT2D eigenvalue weighted by molar-refractivity contribution is -0.122. The van der Waals surface area contributed by atoms with Gasteiger partial charge in [0.15, 0.2) is 0 Å². The van der Waals surface area contributed by atoms with Crippen molar-refractivity contribution < 1.29 is 17.6 Å². The summed E-state index contributed by atoms with van der Waals surface area (Å²) in [5.74, 6) is -0.697. The summed E-state index contributed by atoms with van der Waals surface area (Å²) in [6.45, 7) is 0.711. The van der Waals surface area contributed by atoms with Crippen LogP contribution in [0.25, 0.3) is 0 Å². The highest BCUT2D eigenvalue weighted by Crippen LogP contribution is 2.27. The van der Waals surface area contributed by atoms with Crippen molar-refractivity contribution in [1.82, 2.24) is 9.62 Å². The van der Waals surface area contributed by atoms with Crippen molar-refractivity contribution in [3.8, 4) is 0 Å². The van der Waals surface area contributed by atoms with E-state index in [0.717, 1.165) is 30.5 Å². The number of benzene rings is 2. The van der Waals surface area contributed by atoms with E-state index in [2.05, 4.69) is 5.32 Å². The number of amides is 1. The van der Waals surface area contributed by atoms with Crippen LogP contribution in [0.2, 0.25) is 5.02 Å². The molecule has 0 spiro atoms. The van der Waals surface area contributed by atoms with E-state index in [1.165, 1.54) is 16.4 Å². The second kappa shape index (κ2) is 9.03. The zero-order chi connectivity index (χ0) is 20.1. The molecule has 0 aromatic heterocycles. The average molecular weight is 425 g/mol. The quantitative estimate of drug-likeness (QED) is 0.768. The molecule has 1 heterocycles. The molecule has 3 rings (SSSR count). The van der Waals surface area contributed by atoms with Gasteiger partial charge in [-0.25, -0.2) is 12.8 Å². The molecule has 0 saturated carbocycles. The Balaban J connectivity index is 1.66. The number of hydrogen-bond acceptors (Lipinski definition) is 3. The summed E-state index contributed by atoms with van der Waals surface area (Å²) in [6.07, 6.45) is 2.32. The summed E-state index contributed by atoms with van der Waals surface area (Å²) in [6, 6.07) is 11.5. The maximum atomic E-state index is 13.1. The molecule has 5 nitrogen and oxygen atoms in total. The highest BCUT2D eigenvalue weighted by Gasteiger charge is 2.34. The third kappa shape index (κ3) is 5.10. The fourth-order valence-corrected chi connectivity index (χ4v) is 5.14. The van der Waals surface area contributed by atoms with Gasteiger partial charge in [0.25, 0.3) is 0 Å². The van der Waals surface area contributed by atoms with E-state index in [9.17, 15) is 17.6 Å². The predicted molar refractivity (Wildman–Crippen MR) is 106 cm³/mol. The van der Waals surface area contributed by atoms with E-state index in [1.807, 2.05) is 12.1 Å². The van der Waals surface area contributed by atoms with Gasteiger partial charge in [0.2, 0.25) is 15.9 Å². The summed E-state index contributed by atoms with van der Waals surface area (Å²) < 4.78 is 40.4. The lowest BCUT2D eigenvalue weighted by Crippen LogP contribution is -2.45. The van der Waals surface area contributed by atoms with Gasteiger partial charge in [-0.2, -0.15) is 4.31 Å². The molecular weight excluding hydrogens is 403 g/mol. The molecule has 2 aromatic carbocycles. The number of hydrogen-bond donors (Lipinski definition) is 1. The van der Waals surface area contributed by atoms with Crippen molar-refractivity contribution in [2.75, 3.05) is 6.54 Å². The van der Waals surface area contributed by atoms with Crippen LogP contribution in [0.3, 0.4) is 0 Å². The van der Waals surface area contributed by atoms with Crippen molar-refractivity contribution in [2.24, 2.45) is 0 Å². The third-order valence-electron chi connectivity index (χ3n) is 4.82. The lowest BCUT2D eigenvalue weighted by Gasteiger charge is -2.34. The van der Waals surface area contributed by atoms with Gasteiger partial charge < -0.3 is 5.32 Å². The summed E-state index contributed by atoms with van der Waals surface area (Å²) >= 11 is 5.85. The van der Waals surface area contributed by atoms with Gasteiger partial charge >= 0.3 is 0 Å². The van der Waals surface area contributed by atoms with Gasteiger partial charge in [0.1, 0.15) is 5.82 Å². The van der Waals surface area contributed by atoms with Crippen LogP contribution >= 0.6 is 11.6 Å². The Morgan fingerprint density at radius 1 is 1.11 bits per heavy atom. The van der Waals surface area contributed by atoms with Crippen molar-refractivity contribution in [1.29, 1.82) is 0 Å². The van der Waals surface area contributed by atoms with Gasteiger partial charge in [-0.05, 0) is 54.8 Å². The van der Waals surface area contributed by atoms with E-state index in [1.54, 1.807) is 12.1 Å². The molecule has 1 aliphatic rings. The molecule has 0 bridgehead atoms. The minimum atomic E-state index is -3.77. The van der Waals surface area contributed by atoms with Crippen LogP contribution in [0, 0.1) is 5.82 Å². The van der Waals surface area contributed by atoms with E-state index in [0.29, 0.717) is 24.5 Å². The zero-order valence-electron chi connectivity index (χ0n) is 15.3. The van der Waals surface area contributed by atoms with Gasteiger partial charge in [0.05, 0.1) is 4.90 Å². The van der Waals surface area contributed by atoms with E-state index < -0.39 is 21.9 Å². The first-order valence-corrected chi connectivity index (χ1v) is 11.0. The van der Waals surface area contributed by atoms with Crippen LogP contribution in [0.5, 0.6) is 0 Å². The maximum absolute atomic E-state index is 13.1. The summed E-state index contributed by atoms with van der Waals surface area (Å²) in [4.78, 5) is 12.4. The topological polar surface area (TPSA) is 66.5 Å². The molecule has 1 fully saturated rings. The number of nitrogens with one attached hydrogen (secondary N) is 1. The van der Waals surface area contributed by atoms with Crippen molar-refractivity contribution in [3.05, 3.63) is 64.9 Å². The summed E-state index contributed by atoms with van der Waals surface area (Å²) in [5, 5.41) is 3.46. The second-order valence-corrected chi connectivity index (χ2v) is 9.15. The Morgan fingerprint density at radius 3 is 2.46 bits per heavy atom. The molecule has 1 aliphatic heterocycles. The molecule has 8 heteroatoms. The maximum Gasteiger partial charge on any atom is 0.243 e. The minimum absolute atomic E-state index is 0.0439. The normalized spacial score (nSPS) is 18.0. The second-order valence-electron chi connectivity index (χ2n) is 6.83. The van der Waals surface area contributed by atoms with Crippen molar-refractivity contribution >= 4 is 27.5 Å². The number of piperidine rings is 1. The standard InChI is InChI=1S/C20H22ClFN2O3S/c21-16-6-4-15(5-7-16)14-23-20(25)13-18-3-1-2-12-24(18)28(26,27)19-10-8-17(22)9-11-19/h4-11,18H,1-3,12-14H2,(H,23,25)/t18-/m1/s1. The van der Waals surface area contributed by atoms with Gasteiger partial charge in [-0.1, -0.05) is 30.2 Å². The van der Waals surface area contributed by atoms with Crippen LogP contribution in [0.4, 0.5) is 4.39 Å². The highest BCUT2D eigenvalue weighted by atomic mass is 35.5. The predicted octanol–water partition coefficient (Wildman–Crippen LogP) is 3.73. The van der Waals surface area contributed by atoms with Crippen LogP contribution in [-0.2, 0) is 21.4 Å². The molecule has 1 N–H and O–H groups in total. The molecule has 150 valence electrons. The minimum Gasteiger partial charge on any atom is -0.352 e. The molecule has 1 saturated heterocycles. The Hall–Kier alpha value is -1.96. The van der Waals surface area contributed by atoms with E-state index >= 15 is 0 Å². The third-order valence-corrected chi connectivity index (χ3v) is 7.04. The Bertz CT molecular complexity index is 917. The number of nitrogens with zero attached hydrogens (tertiary/aromatic N) is 1. The molecule has 0 radical (unpaired) electrons. The smallest absolute Gasteiger partial charge is 0.243 e. The number of carbonyl (C=O) groups excluding carboxylic acids is 1. The first kappa shape index (κ1) is 20.8. The van der Waals surface area contributed by atoms with Crippen LogP contribution in [0.15, 0.2) is 53.4 Å². The van der Waals surface area contributed by atoms with Crippen LogP contribution < -0.4 is 5.32 Å². The Kier molecular flexibility index (Phi) is 6.69. The fraction of sp³-hybridized carbons (Fsp3) is 0.350. The largest absolute Gasteiger partial charge is 0.352 e. The number of halogens is 2. The Labute approximate surface area is 169 Å².